The van der Waals surface area contributed by atoms with E-state index in [1.54, 1.807) is 18.3 Å². The molecule has 2 aromatic rings. The van der Waals surface area contributed by atoms with Crippen molar-refractivity contribution in [3.05, 3.63) is 64.1 Å². The predicted octanol–water partition coefficient (Wildman–Crippen LogP) is 4.30. The molecule has 2 aliphatic rings. The predicted molar refractivity (Wildman–Crippen MR) is 143 cm³/mol. The van der Waals surface area contributed by atoms with E-state index in [1.165, 1.54) is 18.9 Å². The zero-order valence-corrected chi connectivity index (χ0v) is 21.4. The zero-order chi connectivity index (χ0) is 25.5. The van der Waals surface area contributed by atoms with Crippen LogP contribution in [-0.2, 0) is 0 Å². The van der Waals surface area contributed by atoms with Crippen molar-refractivity contribution in [3.8, 4) is 11.1 Å². The Morgan fingerprint density at radius 2 is 1.89 bits per heavy atom. The van der Waals surface area contributed by atoms with E-state index in [1.807, 2.05) is 44.0 Å². The smallest absolute Gasteiger partial charge is 0.131 e. The average molecular weight is 474 g/mol. The van der Waals surface area contributed by atoms with Crippen molar-refractivity contribution in [2.45, 2.75) is 70.5 Å². The first-order valence-corrected chi connectivity index (χ1v) is 12.2. The average Bonchev–Trinajstić information content (AvgIpc) is 3.54. The van der Waals surface area contributed by atoms with E-state index in [0.29, 0.717) is 22.8 Å². The van der Waals surface area contributed by atoms with Crippen LogP contribution in [0.5, 0.6) is 0 Å². The highest BCUT2D eigenvalue weighted by atomic mass is 19.1. The minimum atomic E-state index is -0.347. The highest BCUT2D eigenvalue weighted by Crippen LogP contribution is 2.46. The number of rotatable bonds is 5. The molecule has 0 bridgehead atoms. The Labute approximate surface area is 207 Å². The molecule has 35 heavy (non-hydrogen) atoms. The summed E-state index contributed by atoms with van der Waals surface area (Å²) in [5.74, 6) is 0.0509. The molecule has 1 aromatic heterocycles. The molecule has 1 aliphatic carbocycles. The highest BCUT2D eigenvalue weighted by molar-refractivity contribution is 6.09. The second kappa shape index (κ2) is 9.15. The number of piperidine rings is 1. The van der Waals surface area contributed by atoms with Crippen LogP contribution in [0.1, 0.15) is 57.7 Å². The number of aromatic nitrogens is 1. The number of likely N-dealkylation sites (N-methyl/N-ethyl adjacent to an activating group) is 1. The molecule has 1 unspecified atom stereocenters. The molecule has 1 saturated heterocycles. The van der Waals surface area contributed by atoms with Gasteiger partial charge in [-0.05, 0) is 100 Å². The molecule has 0 radical (unpaired) electrons. The summed E-state index contributed by atoms with van der Waals surface area (Å²) in [5.41, 5.74) is 3.45. The van der Waals surface area contributed by atoms with Gasteiger partial charge >= 0.3 is 0 Å². The van der Waals surface area contributed by atoms with Gasteiger partial charge in [-0.15, -0.1) is 0 Å². The number of nitrogens with one attached hydrogen (secondary N) is 3. The quantitative estimate of drug-likeness (QED) is 0.448. The molecule has 184 valence electrons. The maximum atomic E-state index is 14.3. The number of amidine groups is 1. The number of hydrogen-bond donors (Lipinski definition) is 3. The topological polar surface area (TPSA) is 75.9 Å². The summed E-state index contributed by atoms with van der Waals surface area (Å²) in [6.45, 7) is 12.0. The normalized spacial score (nSPS) is 20.9. The summed E-state index contributed by atoms with van der Waals surface area (Å²) >= 11 is 0. The van der Waals surface area contributed by atoms with Crippen LogP contribution in [0, 0.1) is 23.6 Å². The Bertz CT molecular complexity index is 1310. The van der Waals surface area contributed by atoms with Gasteiger partial charge in [0.25, 0.3) is 0 Å². The van der Waals surface area contributed by atoms with Crippen LogP contribution in [0.15, 0.2) is 36.5 Å². The van der Waals surface area contributed by atoms with Gasteiger partial charge in [-0.3, -0.25) is 15.8 Å². The summed E-state index contributed by atoms with van der Waals surface area (Å²) in [6.07, 6.45) is 11.3. The van der Waals surface area contributed by atoms with Crippen LogP contribution in [0.2, 0.25) is 0 Å². The molecule has 1 aliphatic heterocycles. The molecule has 1 saturated carbocycles. The minimum absolute atomic E-state index is 0.0555. The third kappa shape index (κ3) is 5.27. The number of benzene rings is 1. The maximum absolute atomic E-state index is 14.3. The number of nitrogens with zero attached hydrogens (tertiary/aromatic N) is 2. The number of hydrogen-bond acceptors (Lipinski definition) is 4. The summed E-state index contributed by atoms with van der Waals surface area (Å²) in [7, 11) is 1.98. The standard InChI is InChI=1S/C29H36FN5/c1-7-20-13-21(14-24(30)19(20)3)22-12-18(2)27(33-17-22)25(31)8-9-26(32)35(6)23-15-28(4,5)34-29(16-23)10-11-29/h7-9,12-14,17,23,31-32,34H,3,10-11,15-16H2,1-2,4-6H3/b9-8-,20-7-,31-25?,32-26?. The Hall–Kier alpha value is -3.12. The number of aryl methyl sites for hydroxylation is 1. The summed E-state index contributed by atoms with van der Waals surface area (Å²) in [6, 6.07) is 5.60. The van der Waals surface area contributed by atoms with Crippen molar-refractivity contribution in [2.75, 3.05) is 7.05 Å². The van der Waals surface area contributed by atoms with E-state index in [0.717, 1.165) is 34.8 Å². The van der Waals surface area contributed by atoms with Gasteiger partial charge in [0.2, 0.25) is 0 Å². The van der Waals surface area contributed by atoms with E-state index in [2.05, 4.69) is 30.7 Å². The van der Waals surface area contributed by atoms with Gasteiger partial charge in [0.05, 0.1) is 11.4 Å². The first-order chi connectivity index (χ1) is 16.4. The largest absolute Gasteiger partial charge is 0.357 e. The Morgan fingerprint density at radius 1 is 1.17 bits per heavy atom. The van der Waals surface area contributed by atoms with Gasteiger partial charge in [0.15, 0.2) is 0 Å². The van der Waals surface area contributed by atoms with Gasteiger partial charge in [0, 0.05) is 41.1 Å². The van der Waals surface area contributed by atoms with Crippen LogP contribution < -0.4 is 15.8 Å². The summed E-state index contributed by atoms with van der Waals surface area (Å²) in [5, 5.41) is 22.1. The van der Waals surface area contributed by atoms with E-state index in [9.17, 15) is 4.39 Å². The van der Waals surface area contributed by atoms with Crippen molar-refractivity contribution in [1.82, 2.24) is 15.2 Å². The molecule has 6 heteroatoms. The molecule has 5 nitrogen and oxygen atoms in total. The molecule has 2 heterocycles. The summed E-state index contributed by atoms with van der Waals surface area (Å²) < 4.78 is 14.3. The van der Waals surface area contributed by atoms with Crippen molar-refractivity contribution >= 4 is 24.2 Å². The Kier molecular flexibility index (Phi) is 6.54. The number of pyridine rings is 1. The SMILES string of the molecule is C=c1c(F)cc(-c2cnc(C(=N)/C=C\C(=N)N(C)C3CC(C)(C)NC4(CC4)C3)c(C)c2)c/c1=C/C. The lowest BCUT2D eigenvalue weighted by atomic mass is 9.83. The van der Waals surface area contributed by atoms with Gasteiger partial charge in [-0.25, -0.2) is 4.39 Å². The highest BCUT2D eigenvalue weighted by Gasteiger charge is 2.51. The first kappa shape index (κ1) is 25.0. The second-order valence-electron chi connectivity index (χ2n) is 10.8. The molecular formula is C29H36FN5. The molecular weight excluding hydrogens is 437 g/mol. The van der Waals surface area contributed by atoms with E-state index in [4.69, 9.17) is 10.8 Å². The first-order valence-electron chi connectivity index (χ1n) is 12.2. The number of halogens is 1. The fourth-order valence-electron chi connectivity index (χ4n) is 5.34. The third-order valence-corrected chi connectivity index (χ3v) is 7.37. The second-order valence-corrected chi connectivity index (χ2v) is 10.8. The van der Waals surface area contributed by atoms with Crippen molar-refractivity contribution in [3.63, 3.8) is 0 Å². The van der Waals surface area contributed by atoms with Crippen LogP contribution in [0.3, 0.4) is 0 Å². The Balaban J connectivity index is 1.48. The monoisotopic (exact) mass is 473 g/mol. The van der Waals surface area contributed by atoms with E-state index >= 15 is 0 Å². The molecule has 0 amide bonds. The Morgan fingerprint density at radius 3 is 2.51 bits per heavy atom. The van der Waals surface area contributed by atoms with Crippen molar-refractivity contribution in [2.24, 2.45) is 0 Å². The lowest BCUT2D eigenvalue weighted by molar-refractivity contribution is 0.146. The fourth-order valence-corrected chi connectivity index (χ4v) is 5.34. The lowest BCUT2D eigenvalue weighted by Gasteiger charge is -2.45. The van der Waals surface area contributed by atoms with Gasteiger partial charge in [0.1, 0.15) is 11.7 Å². The fraction of sp³-hybridized carbons (Fsp3) is 0.414. The lowest BCUT2D eigenvalue weighted by Crippen LogP contribution is -2.59. The van der Waals surface area contributed by atoms with Crippen molar-refractivity contribution in [1.29, 1.82) is 10.8 Å². The maximum Gasteiger partial charge on any atom is 0.131 e. The van der Waals surface area contributed by atoms with E-state index < -0.39 is 0 Å². The molecule has 1 aromatic carbocycles. The van der Waals surface area contributed by atoms with Crippen LogP contribution in [-0.4, -0.2) is 45.6 Å². The van der Waals surface area contributed by atoms with Crippen LogP contribution in [0.4, 0.5) is 4.39 Å². The molecule has 4 rings (SSSR count). The third-order valence-electron chi connectivity index (χ3n) is 7.37. The summed E-state index contributed by atoms with van der Waals surface area (Å²) in [4.78, 5) is 6.55. The molecule has 2 fully saturated rings. The zero-order valence-electron chi connectivity index (χ0n) is 21.4. The van der Waals surface area contributed by atoms with Gasteiger partial charge in [-0.2, -0.15) is 0 Å². The van der Waals surface area contributed by atoms with Crippen LogP contribution >= 0.6 is 0 Å². The molecule has 1 spiro atoms. The molecule has 1 atom stereocenters. The van der Waals surface area contributed by atoms with Crippen LogP contribution in [0.25, 0.3) is 23.8 Å². The van der Waals surface area contributed by atoms with Gasteiger partial charge in [-0.1, -0.05) is 12.7 Å². The van der Waals surface area contributed by atoms with Gasteiger partial charge < -0.3 is 10.2 Å². The number of allylic oxidation sites excluding steroid dienone is 1. The van der Waals surface area contributed by atoms with E-state index in [-0.39, 0.29) is 22.6 Å². The molecule has 3 N–H and O–H groups in total. The minimum Gasteiger partial charge on any atom is -0.357 e. The van der Waals surface area contributed by atoms with Crippen molar-refractivity contribution < 1.29 is 4.39 Å².